The minimum Gasteiger partial charge on any atom is -0.381 e. The van der Waals surface area contributed by atoms with Gasteiger partial charge in [0.2, 0.25) is 0 Å². The van der Waals surface area contributed by atoms with Crippen LogP contribution >= 0.6 is 23.2 Å². The van der Waals surface area contributed by atoms with Gasteiger partial charge in [-0.25, -0.2) is 0 Å². The summed E-state index contributed by atoms with van der Waals surface area (Å²) in [5.41, 5.74) is 1.92. The van der Waals surface area contributed by atoms with Crippen LogP contribution in [0, 0.1) is 6.92 Å². The Morgan fingerprint density at radius 2 is 2.00 bits per heavy atom. The fourth-order valence-electron chi connectivity index (χ4n) is 2.03. The molecule has 1 aliphatic carbocycles. The van der Waals surface area contributed by atoms with Gasteiger partial charge in [-0.1, -0.05) is 23.2 Å². The van der Waals surface area contributed by atoms with E-state index >= 15 is 0 Å². The SMILES string of the molecule is CCOC1CC(Nc2cc(Cl)c(C)cc2Cl)C1. The summed E-state index contributed by atoms with van der Waals surface area (Å²) in [6.07, 6.45) is 2.47. The van der Waals surface area contributed by atoms with Crippen LogP contribution in [-0.2, 0) is 4.74 Å². The second-order valence-electron chi connectivity index (χ2n) is 4.47. The van der Waals surface area contributed by atoms with Gasteiger partial charge in [0.1, 0.15) is 0 Å². The molecule has 0 aliphatic heterocycles. The predicted molar refractivity (Wildman–Crippen MR) is 73.3 cm³/mol. The molecule has 0 amide bonds. The molecule has 1 saturated carbocycles. The molecular weight excluding hydrogens is 257 g/mol. The highest BCUT2D eigenvalue weighted by Gasteiger charge is 2.29. The zero-order chi connectivity index (χ0) is 12.4. The maximum Gasteiger partial charge on any atom is 0.0641 e. The van der Waals surface area contributed by atoms with E-state index in [1.165, 1.54) is 0 Å². The second-order valence-corrected chi connectivity index (χ2v) is 5.29. The molecule has 1 N–H and O–H groups in total. The first-order valence-electron chi connectivity index (χ1n) is 5.94. The van der Waals surface area contributed by atoms with E-state index in [-0.39, 0.29) is 0 Å². The largest absolute Gasteiger partial charge is 0.381 e. The van der Waals surface area contributed by atoms with Gasteiger partial charge in [0.15, 0.2) is 0 Å². The maximum atomic E-state index is 6.17. The lowest BCUT2D eigenvalue weighted by molar-refractivity contribution is 0.00299. The highest BCUT2D eigenvalue weighted by atomic mass is 35.5. The molecule has 94 valence electrons. The first-order valence-corrected chi connectivity index (χ1v) is 6.69. The zero-order valence-corrected chi connectivity index (χ0v) is 11.6. The van der Waals surface area contributed by atoms with Crippen molar-refractivity contribution < 1.29 is 4.74 Å². The number of halogens is 2. The van der Waals surface area contributed by atoms with Gasteiger partial charge in [-0.15, -0.1) is 0 Å². The molecule has 0 aromatic heterocycles. The summed E-state index contributed by atoms with van der Waals surface area (Å²) in [5, 5.41) is 4.88. The lowest BCUT2D eigenvalue weighted by atomic mass is 9.89. The summed E-state index contributed by atoms with van der Waals surface area (Å²) < 4.78 is 5.52. The lowest BCUT2D eigenvalue weighted by Crippen LogP contribution is -2.40. The van der Waals surface area contributed by atoms with Crippen molar-refractivity contribution >= 4 is 28.9 Å². The van der Waals surface area contributed by atoms with Gasteiger partial charge in [0, 0.05) is 17.7 Å². The molecule has 17 heavy (non-hydrogen) atoms. The first kappa shape index (κ1) is 13.0. The Hall–Kier alpha value is -0.440. The molecule has 0 heterocycles. The third-order valence-corrected chi connectivity index (χ3v) is 3.83. The molecule has 1 aliphatic rings. The monoisotopic (exact) mass is 273 g/mol. The molecule has 2 rings (SSSR count). The van der Waals surface area contributed by atoms with Crippen molar-refractivity contribution in [2.24, 2.45) is 0 Å². The van der Waals surface area contributed by atoms with Crippen LogP contribution < -0.4 is 5.32 Å². The Morgan fingerprint density at radius 1 is 1.29 bits per heavy atom. The van der Waals surface area contributed by atoms with Crippen molar-refractivity contribution in [3.8, 4) is 0 Å². The summed E-state index contributed by atoms with van der Waals surface area (Å²) in [6.45, 7) is 4.76. The molecule has 0 unspecified atom stereocenters. The quantitative estimate of drug-likeness (QED) is 0.884. The molecule has 4 heteroatoms. The van der Waals surface area contributed by atoms with Crippen molar-refractivity contribution in [3.63, 3.8) is 0 Å². The molecule has 0 radical (unpaired) electrons. The Morgan fingerprint density at radius 3 is 2.65 bits per heavy atom. The summed E-state index contributed by atoms with van der Waals surface area (Å²) in [7, 11) is 0. The molecule has 0 bridgehead atoms. The van der Waals surface area contributed by atoms with Crippen molar-refractivity contribution in [2.75, 3.05) is 11.9 Å². The third-order valence-electron chi connectivity index (χ3n) is 3.11. The van der Waals surface area contributed by atoms with E-state index in [0.717, 1.165) is 40.7 Å². The van der Waals surface area contributed by atoms with E-state index in [2.05, 4.69) is 5.32 Å². The van der Waals surface area contributed by atoms with Crippen LogP contribution in [0.2, 0.25) is 10.0 Å². The van der Waals surface area contributed by atoms with E-state index < -0.39 is 0 Å². The van der Waals surface area contributed by atoms with Gasteiger partial charge >= 0.3 is 0 Å². The van der Waals surface area contributed by atoms with Crippen molar-refractivity contribution in [2.45, 2.75) is 38.8 Å². The molecule has 1 aromatic carbocycles. The number of anilines is 1. The average molecular weight is 274 g/mol. The normalized spacial score (nSPS) is 23.3. The standard InChI is InChI=1S/C13H17Cl2NO/c1-3-17-10-5-9(6-10)16-13-7-11(14)8(2)4-12(13)15/h4,7,9-10,16H,3,5-6H2,1-2H3. The predicted octanol–water partition coefficient (Wildman–Crippen LogP) is 4.28. The summed E-state index contributed by atoms with van der Waals surface area (Å²) in [4.78, 5) is 0. The Labute approximate surface area is 112 Å². The van der Waals surface area contributed by atoms with Crippen LogP contribution in [0.5, 0.6) is 0 Å². The molecular formula is C13H17Cl2NO. The van der Waals surface area contributed by atoms with Crippen molar-refractivity contribution in [1.82, 2.24) is 0 Å². The summed E-state index contributed by atoms with van der Waals surface area (Å²) in [5.74, 6) is 0. The molecule has 2 nitrogen and oxygen atoms in total. The lowest BCUT2D eigenvalue weighted by Gasteiger charge is -2.36. The Balaban J connectivity index is 1.94. The first-order chi connectivity index (χ1) is 8.10. The molecule has 0 spiro atoms. The Kier molecular flexibility index (Phi) is 4.18. The molecule has 0 saturated heterocycles. The van der Waals surface area contributed by atoms with Gasteiger partial charge in [-0.3, -0.25) is 0 Å². The summed E-state index contributed by atoms with van der Waals surface area (Å²) in [6, 6.07) is 4.24. The summed E-state index contributed by atoms with van der Waals surface area (Å²) >= 11 is 12.3. The third kappa shape index (κ3) is 3.06. The number of benzene rings is 1. The molecule has 1 aromatic rings. The van der Waals surface area contributed by atoms with Crippen molar-refractivity contribution in [1.29, 1.82) is 0 Å². The number of hydrogen-bond donors (Lipinski definition) is 1. The van der Waals surface area contributed by atoms with E-state index in [1.54, 1.807) is 0 Å². The number of hydrogen-bond acceptors (Lipinski definition) is 2. The van der Waals surface area contributed by atoms with Crippen LogP contribution in [0.1, 0.15) is 25.3 Å². The smallest absolute Gasteiger partial charge is 0.0641 e. The van der Waals surface area contributed by atoms with Gasteiger partial charge in [0.05, 0.1) is 16.8 Å². The molecule has 0 atom stereocenters. The number of aryl methyl sites for hydroxylation is 1. The number of nitrogens with one attached hydrogen (secondary N) is 1. The van der Waals surface area contributed by atoms with E-state index in [1.807, 2.05) is 26.0 Å². The topological polar surface area (TPSA) is 21.3 Å². The van der Waals surface area contributed by atoms with Gasteiger partial charge in [-0.2, -0.15) is 0 Å². The van der Waals surface area contributed by atoms with Crippen LogP contribution in [0.4, 0.5) is 5.69 Å². The van der Waals surface area contributed by atoms with E-state index in [0.29, 0.717) is 12.1 Å². The average Bonchev–Trinajstić information content (AvgIpc) is 2.22. The second kappa shape index (κ2) is 5.47. The van der Waals surface area contributed by atoms with Gasteiger partial charge in [-0.05, 0) is 44.4 Å². The van der Waals surface area contributed by atoms with Crippen LogP contribution in [0.3, 0.4) is 0 Å². The number of ether oxygens (including phenoxy) is 1. The van der Waals surface area contributed by atoms with Crippen LogP contribution in [-0.4, -0.2) is 18.8 Å². The highest BCUT2D eigenvalue weighted by molar-refractivity contribution is 6.35. The number of rotatable bonds is 4. The maximum absolute atomic E-state index is 6.17. The van der Waals surface area contributed by atoms with Gasteiger partial charge < -0.3 is 10.1 Å². The van der Waals surface area contributed by atoms with E-state index in [4.69, 9.17) is 27.9 Å². The highest BCUT2D eigenvalue weighted by Crippen LogP contribution is 2.33. The van der Waals surface area contributed by atoms with Crippen molar-refractivity contribution in [3.05, 3.63) is 27.7 Å². The van der Waals surface area contributed by atoms with Crippen LogP contribution in [0.15, 0.2) is 12.1 Å². The minimum absolute atomic E-state index is 0.400. The minimum atomic E-state index is 0.400. The fraction of sp³-hybridized carbons (Fsp3) is 0.538. The Bertz CT molecular complexity index is 403. The van der Waals surface area contributed by atoms with E-state index in [9.17, 15) is 0 Å². The fourth-order valence-corrected chi connectivity index (χ4v) is 2.47. The molecule has 1 fully saturated rings. The van der Waals surface area contributed by atoms with Gasteiger partial charge in [0.25, 0.3) is 0 Å². The zero-order valence-electron chi connectivity index (χ0n) is 10.1. The van der Waals surface area contributed by atoms with Crippen LogP contribution in [0.25, 0.3) is 0 Å².